The average molecular weight is 459 g/mol. The molecular weight excluding hydrogens is 430 g/mol. The van der Waals surface area contributed by atoms with Crippen LogP contribution in [0.25, 0.3) is 11.0 Å². The highest BCUT2D eigenvalue weighted by Crippen LogP contribution is 2.21. The summed E-state index contributed by atoms with van der Waals surface area (Å²) in [6, 6.07) is 5.64. The fraction of sp³-hybridized carbons (Fsp3) is 0.435. The molecule has 3 amide bonds. The number of anilines is 1. The Balaban J connectivity index is 1.88. The fourth-order valence-corrected chi connectivity index (χ4v) is 3.25. The molecule has 0 aliphatic rings. The number of ether oxygens (including phenoxy) is 1. The Morgan fingerprint density at radius 2 is 1.85 bits per heavy atom. The van der Waals surface area contributed by atoms with Crippen molar-refractivity contribution in [3.63, 3.8) is 0 Å². The number of hydrogen-bond acceptors (Lipinski definition) is 7. The van der Waals surface area contributed by atoms with E-state index in [4.69, 9.17) is 4.42 Å². The molecule has 0 aliphatic heterocycles. The van der Waals surface area contributed by atoms with Crippen LogP contribution in [0.3, 0.4) is 0 Å². The summed E-state index contributed by atoms with van der Waals surface area (Å²) in [7, 11) is 1.26. The average Bonchev–Trinajstić information content (AvgIpc) is 2.75. The van der Waals surface area contributed by atoms with Crippen LogP contribution in [-0.2, 0) is 23.9 Å². The number of esters is 1. The molecule has 1 atom stereocenters. The minimum absolute atomic E-state index is 0.0187. The van der Waals surface area contributed by atoms with Crippen LogP contribution in [0.4, 0.5) is 5.69 Å². The first-order valence-corrected chi connectivity index (χ1v) is 10.7. The van der Waals surface area contributed by atoms with Crippen molar-refractivity contribution in [1.82, 2.24) is 10.6 Å². The fourth-order valence-electron chi connectivity index (χ4n) is 3.25. The van der Waals surface area contributed by atoms with E-state index in [1.165, 1.54) is 20.1 Å². The molecule has 1 heterocycles. The van der Waals surface area contributed by atoms with Gasteiger partial charge in [-0.05, 0) is 43.9 Å². The molecule has 0 fully saturated rings. The number of rotatable bonds is 11. The largest absolute Gasteiger partial charge is 0.469 e. The highest BCUT2D eigenvalue weighted by Gasteiger charge is 2.19. The zero-order valence-corrected chi connectivity index (χ0v) is 19.0. The van der Waals surface area contributed by atoms with Crippen molar-refractivity contribution in [2.24, 2.45) is 0 Å². The molecule has 10 nitrogen and oxygen atoms in total. The van der Waals surface area contributed by atoms with Crippen molar-refractivity contribution in [3.8, 4) is 0 Å². The number of methoxy groups -OCH3 is 1. The maximum Gasteiger partial charge on any atom is 0.336 e. The van der Waals surface area contributed by atoms with Gasteiger partial charge in [-0.25, -0.2) is 4.79 Å². The highest BCUT2D eigenvalue weighted by atomic mass is 16.5. The van der Waals surface area contributed by atoms with Crippen molar-refractivity contribution in [2.75, 3.05) is 19.0 Å². The summed E-state index contributed by atoms with van der Waals surface area (Å²) in [5.41, 5.74) is 1.09. The first-order chi connectivity index (χ1) is 15.7. The van der Waals surface area contributed by atoms with Crippen LogP contribution in [0.1, 0.15) is 44.6 Å². The zero-order valence-electron chi connectivity index (χ0n) is 19.0. The number of hydrogen-bond donors (Lipinski definition) is 3. The second kappa shape index (κ2) is 12.4. The van der Waals surface area contributed by atoms with E-state index in [1.807, 2.05) is 0 Å². The van der Waals surface area contributed by atoms with Gasteiger partial charge in [-0.2, -0.15) is 0 Å². The Hall–Kier alpha value is -3.69. The van der Waals surface area contributed by atoms with Gasteiger partial charge in [-0.1, -0.05) is 0 Å². The molecule has 0 saturated carbocycles. The molecule has 0 bridgehead atoms. The molecule has 178 valence electrons. The van der Waals surface area contributed by atoms with Crippen LogP contribution in [0.15, 0.2) is 33.5 Å². The Labute approximate surface area is 191 Å². The molecule has 2 aromatic rings. The third-order valence-corrected chi connectivity index (χ3v) is 4.94. The minimum atomic E-state index is -0.766. The van der Waals surface area contributed by atoms with Crippen LogP contribution >= 0.6 is 0 Å². The second-order valence-corrected chi connectivity index (χ2v) is 7.62. The third kappa shape index (κ3) is 8.40. The predicted octanol–water partition coefficient (Wildman–Crippen LogP) is 1.78. The number of nitrogens with one attached hydrogen (secondary N) is 3. The number of carbonyl (C=O) groups is 4. The number of amides is 3. The number of aryl methyl sites for hydroxylation is 1. The lowest BCUT2D eigenvalue weighted by Gasteiger charge is -2.18. The van der Waals surface area contributed by atoms with E-state index < -0.39 is 23.5 Å². The van der Waals surface area contributed by atoms with Crippen molar-refractivity contribution in [3.05, 3.63) is 40.2 Å². The molecule has 1 aromatic carbocycles. The monoisotopic (exact) mass is 459 g/mol. The molecule has 1 aromatic heterocycles. The summed E-state index contributed by atoms with van der Waals surface area (Å²) >= 11 is 0. The summed E-state index contributed by atoms with van der Waals surface area (Å²) in [4.78, 5) is 58.6. The lowest BCUT2D eigenvalue weighted by molar-refractivity contribution is -0.142. The Morgan fingerprint density at radius 1 is 1.09 bits per heavy atom. The maximum atomic E-state index is 12.7. The number of benzene rings is 1. The van der Waals surface area contributed by atoms with E-state index in [0.717, 1.165) is 10.9 Å². The molecule has 0 radical (unpaired) electrons. The van der Waals surface area contributed by atoms with Crippen molar-refractivity contribution in [2.45, 2.75) is 52.0 Å². The van der Waals surface area contributed by atoms with E-state index in [9.17, 15) is 24.0 Å². The lowest BCUT2D eigenvalue weighted by Crippen LogP contribution is -2.43. The van der Waals surface area contributed by atoms with E-state index in [-0.39, 0.29) is 24.7 Å². The summed E-state index contributed by atoms with van der Waals surface area (Å²) in [6.07, 6.45) is 1.60. The SMILES string of the molecule is COC(=O)CCC(=O)NCCCCC(NC(C)=O)C(=O)Nc1ccc2c(C)cc(=O)oc2c1. The van der Waals surface area contributed by atoms with Crippen LogP contribution in [-0.4, -0.2) is 43.4 Å². The second-order valence-electron chi connectivity index (χ2n) is 7.62. The van der Waals surface area contributed by atoms with E-state index >= 15 is 0 Å². The molecule has 10 heteroatoms. The molecule has 0 saturated heterocycles. The van der Waals surface area contributed by atoms with Gasteiger partial charge in [0.05, 0.1) is 13.5 Å². The summed E-state index contributed by atoms with van der Waals surface area (Å²) in [5, 5.41) is 8.84. The summed E-state index contributed by atoms with van der Waals surface area (Å²) in [6.45, 7) is 3.51. The summed E-state index contributed by atoms with van der Waals surface area (Å²) in [5.74, 6) is -1.44. The van der Waals surface area contributed by atoms with Gasteiger partial charge in [0.15, 0.2) is 0 Å². The van der Waals surface area contributed by atoms with Crippen LogP contribution in [0.5, 0.6) is 0 Å². The molecule has 1 unspecified atom stereocenters. The van der Waals surface area contributed by atoms with Gasteiger partial charge in [-0.15, -0.1) is 0 Å². The van der Waals surface area contributed by atoms with Crippen LogP contribution in [0.2, 0.25) is 0 Å². The van der Waals surface area contributed by atoms with Crippen LogP contribution < -0.4 is 21.6 Å². The number of carbonyl (C=O) groups excluding carboxylic acids is 4. The van der Waals surface area contributed by atoms with Crippen molar-refractivity contribution >= 4 is 40.3 Å². The smallest absolute Gasteiger partial charge is 0.336 e. The topological polar surface area (TPSA) is 144 Å². The first kappa shape index (κ1) is 25.6. The standard InChI is InChI=1S/C23H29N3O7/c1-14-12-22(30)33-19-13-16(7-8-17(14)19)26-23(31)18(25-15(2)27)6-4-5-11-24-20(28)9-10-21(29)32-3/h7-8,12-13,18H,4-6,9-11H2,1-3H3,(H,24,28)(H,25,27)(H,26,31). The molecule has 0 spiro atoms. The maximum absolute atomic E-state index is 12.7. The van der Waals surface area contributed by atoms with Gasteiger partial charge in [0.25, 0.3) is 0 Å². The summed E-state index contributed by atoms with van der Waals surface area (Å²) < 4.78 is 9.69. The molecular formula is C23H29N3O7. The van der Waals surface area contributed by atoms with Gasteiger partial charge in [-0.3, -0.25) is 19.2 Å². The highest BCUT2D eigenvalue weighted by molar-refractivity contribution is 5.98. The third-order valence-electron chi connectivity index (χ3n) is 4.94. The predicted molar refractivity (Wildman–Crippen MR) is 122 cm³/mol. The van der Waals surface area contributed by atoms with Crippen molar-refractivity contribution < 1.29 is 28.3 Å². The van der Waals surface area contributed by atoms with Gasteiger partial charge in [0, 0.05) is 43.1 Å². The Kier molecular flexibility index (Phi) is 9.59. The molecule has 33 heavy (non-hydrogen) atoms. The molecule has 0 aliphatic carbocycles. The number of unbranched alkanes of at least 4 members (excludes halogenated alkanes) is 1. The minimum Gasteiger partial charge on any atom is -0.469 e. The van der Waals surface area contributed by atoms with Crippen LogP contribution in [0, 0.1) is 6.92 Å². The van der Waals surface area contributed by atoms with Gasteiger partial charge in [0.2, 0.25) is 17.7 Å². The van der Waals surface area contributed by atoms with E-state index in [0.29, 0.717) is 37.1 Å². The number of fused-ring (bicyclic) bond motifs is 1. The normalized spacial score (nSPS) is 11.5. The molecule has 2 rings (SSSR count). The zero-order chi connectivity index (χ0) is 24.4. The quantitative estimate of drug-likeness (QED) is 0.264. The van der Waals surface area contributed by atoms with E-state index in [1.54, 1.807) is 25.1 Å². The lowest BCUT2D eigenvalue weighted by atomic mass is 10.1. The molecule has 3 N–H and O–H groups in total. The van der Waals surface area contributed by atoms with Gasteiger partial charge in [0.1, 0.15) is 11.6 Å². The van der Waals surface area contributed by atoms with Gasteiger partial charge >= 0.3 is 11.6 Å². The first-order valence-electron chi connectivity index (χ1n) is 10.7. The van der Waals surface area contributed by atoms with E-state index in [2.05, 4.69) is 20.7 Å². The van der Waals surface area contributed by atoms with Crippen molar-refractivity contribution in [1.29, 1.82) is 0 Å². The Morgan fingerprint density at radius 3 is 2.55 bits per heavy atom. The Bertz CT molecular complexity index is 1080. The van der Waals surface area contributed by atoms with Gasteiger partial charge < -0.3 is 25.1 Å².